The smallest absolute Gasteiger partial charge is 0.289 e. The summed E-state index contributed by atoms with van der Waals surface area (Å²) >= 11 is 1.96. The van der Waals surface area contributed by atoms with Gasteiger partial charge < -0.3 is 19.5 Å². The molecule has 8 heteroatoms. The number of nitrogens with one attached hydrogen (secondary N) is 1. The first-order valence-electron chi connectivity index (χ1n) is 9.72. The average Bonchev–Trinajstić information content (AvgIpc) is 3.27. The number of amides is 1. The first-order chi connectivity index (χ1) is 13.7. The quantitative estimate of drug-likeness (QED) is 0.367. The molecular weight excluding hydrogens is 499 g/mol. The summed E-state index contributed by atoms with van der Waals surface area (Å²) in [4.78, 5) is 22.3. The molecule has 1 aliphatic carbocycles. The zero-order chi connectivity index (χ0) is 19.4. The minimum Gasteiger partial charge on any atom is -0.459 e. The van der Waals surface area contributed by atoms with Crippen molar-refractivity contribution in [2.45, 2.75) is 22.5 Å². The molecule has 0 bridgehead atoms. The van der Waals surface area contributed by atoms with Gasteiger partial charge in [0.1, 0.15) is 0 Å². The van der Waals surface area contributed by atoms with Crippen molar-refractivity contribution in [1.29, 1.82) is 0 Å². The van der Waals surface area contributed by atoms with Crippen LogP contribution < -0.4 is 5.32 Å². The molecule has 6 nitrogen and oxygen atoms in total. The van der Waals surface area contributed by atoms with E-state index in [1.807, 2.05) is 23.7 Å². The van der Waals surface area contributed by atoms with Gasteiger partial charge in [0, 0.05) is 49.4 Å². The van der Waals surface area contributed by atoms with Crippen molar-refractivity contribution in [1.82, 2.24) is 15.1 Å². The van der Waals surface area contributed by atoms with Gasteiger partial charge in [-0.3, -0.25) is 9.79 Å². The van der Waals surface area contributed by atoms with E-state index in [-0.39, 0.29) is 34.6 Å². The first kappa shape index (κ1) is 22.0. The Morgan fingerprint density at radius 2 is 1.79 bits per heavy atom. The van der Waals surface area contributed by atoms with E-state index in [1.165, 1.54) is 24.0 Å². The molecule has 29 heavy (non-hydrogen) atoms. The first-order valence-corrected chi connectivity index (χ1v) is 10.5. The van der Waals surface area contributed by atoms with E-state index in [1.54, 1.807) is 12.1 Å². The van der Waals surface area contributed by atoms with Gasteiger partial charge in [-0.05, 0) is 37.1 Å². The molecular formula is C21H27IN4O2S. The van der Waals surface area contributed by atoms with Gasteiger partial charge in [0.2, 0.25) is 0 Å². The van der Waals surface area contributed by atoms with Gasteiger partial charge in [0.25, 0.3) is 5.91 Å². The summed E-state index contributed by atoms with van der Waals surface area (Å²) in [6, 6.07) is 14.1. The zero-order valence-corrected chi connectivity index (χ0v) is 19.7. The van der Waals surface area contributed by atoms with E-state index in [4.69, 9.17) is 4.42 Å². The molecule has 156 valence electrons. The van der Waals surface area contributed by atoms with E-state index in [9.17, 15) is 4.79 Å². The van der Waals surface area contributed by atoms with Crippen molar-refractivity contribution in [3.8, 4) is 0 Å². The van der Waals surface area contributed by atoms with Crippen molar-refractivity contribution >= 4 is 47.6 Å². The fraction of sp³-hybridized carbons (Fsp3) is 0.429. The van der Waals surface area contributed by atoms with Gasteiger partial charge in [0.15, 0.2) is 11.7 Å². The SMILES string of the molecule is CN=C(NCC1(Sc2ccccc2)CC1)N1CCN(C(=O)c2ccco2)CC1.I. The zero-order valence-electron chi connectivity index (χ0n) is 16.5. The predicted octanol–water partition coefficient (Wildman–Crippen LogP) is 3.56. The van der Waals surface area contributed by atoms with Crippen LogP contribution in [0.4, 0.5) is 0 Å². The number of hydrogen-bond acceptors (Lipinski definition) is 4. The molecule has 2 heterocycles. The highest BCUT2D eigenvalue weighted by molar-refractivity contribution is 14.0. The molecule has 2 fully saturated rings. The number of hydrogen-bond donors (Lipinski definition) is 1. The van der Waals surface area contributed by atoms with Crippen molar-refractivity contribution in [3.63, 3.8) is 0 Å². The number of carbonyl (C=O) groups is 1. The molecule has 1 saturated heterocycles. The topological polar surface area (TPSA) is 61.1 Å². The van der Waals surface area contributed by atoms with Crippen molar-refractivity contribution in [2.24, 2.45) is 4.99 Å². The number of nitrogens with zero attached hydrogens (tertiary/aromatic N) is 3. The molecule has 0 spiro atoms. The summed E-state index contributed by atoms with van der Waals surface area (Å²) in [7, 11) is 1.83. The summed E-state index contributed by atoms with van der Waals surface area (Å²) in [6.45, 7) is 3.79. The van der Waals surface area contributed by atoms with Gasteiger partial charge in [-0.1, -0.05) is 18.2 Å². The number of rotatable bonds is 5. The molecule has 1 aromatic heterocycles. The Bertz CT molecular complexity index is 816. The molecule has 0 atom stereocenters. The maximum absolute atomic E-state index is 12.4. The summed E-state index contributed by atoms with van der Waals surface area (Å²) in [5, 5.41) is 3.57. The molecule has 1 aliphatic heterocycles. The van der Waals surface area contributed by atoms with Crippen molar-refractivity contribution in [2.75, 3.05) is 39.8 Å². The van der Waals surface area contributed by atoms with Gasteiger partial charge in [-0.25, -0.2) is 0 Å². The largest absolute Gasteiger partial charge is 0.459 e. The van der Waals surface area contributed by atoms with E-state index in [0.29, 0.717) is 18.8 Å². The second-order valence-corrected chi connectivity index (χ2v) is 8.80. The third-order valence-electron chi connectivity index (χ3n) is 5.26. The molecule has 0 radical (unpaired) electrons. The highest BCUT2D eigenvalue weighted by Gasteiger charge is 2.44. The van der Waals surface area contributed by atoms with Crippen LogP contribution >= 0.6 is 35.7 Å². The number of guanidine groups is 1. The fourth-order valence-electron chi connectivity index (χ4n) is 3.44. The number of aliphatic imine (C=N–C) groups is 1. The van der Waals surface area contributed by atoms with Gasteiger partial charge in [-0.2, -0.15) is 0 Å². The lowest BCUT2D eigenvalue weighted by Gasteiger charge is -2.36. The highest BCUT2D eigenvalue weighted by Crippen LogP contribution is 2.51. The van der Waals surface area contributed by atoms with Crippen molar-refractivity contribution < 1.29 is 9.21 Å². The van der Waals surface area contributed by atoms with Crippen LogP contribution in [0.1, 0.15) is 23.4 Å². The van der Waals surface area contributed by atoms with Crippen LogP contribution in [-0.4, -0.2) is 66.2 Å². The Labute approximate surface area is 193 Å². The summed E-state index contributed by atoms with van der Waals surface area (Å²) in [5.41, 5.74) is 0. The number of carbonyl (C=O) groups excluding carboxylic acids is 1. The Morgan fingerprint density at radius 3 is 2.38 bits per heavy atom. The van der Waals surface area contributed by atoms with Crippen LogP contribution in [-0.2, 0) is 0 Å². The van der Waals surface area contributed by atoms with Crippen LogP contribution in [0.2, 0.25) is 0 Å². The normalized spacial score (nSPS) is 18.2. The molecule has 0 unspecified atom stereocenters. The number of benzene rings is 1. The Morgan fingerprint density at radius 1 is 1.10 bits per heavy atom. The van der Waals surface area contributed by atoms with Gasteiger partial charge in [-0.15, -0.1) is 35.7 Å². The Kier molecular flexibility index (Phi) is 7.50. The van der Waals surface area contributed by atoms with Crippen molar-refractivity contribution in [3.05, 3.63) is 54.5 Å². The second-order valence-electron chi connectivity index (χ2n) is 7.26. The lowest BCUT2D eigenvalue weighted by molar-refractivity contribution is 0.0658. The van der Waals surface area contributed by atoms with E-state index >= 15 is 0 Å². The maximum Gasteiger partial charge on any atom is 0.289 e. The van der Waals surface area contributed by atoms with E-state index in [2.05, 4.69) is 45.5 Å². The summed E-state index contributed by atoms with van der Waals surface area (Å²) < 4.78 is 5.50. The molecule has 1 aromatic carbocycles. The number of piperazine rings is 1. The van der Waals surface area contributed by atoms with Gasteiger partial charge in [0.05, 0.1) is 6.26 Å². The number of furan rings is 1. The molecule has 2 aromatic rings. The molecule has 4 rings (SSSR count). The summed E-state index contributed by atoms with van der Waals surface area (Å²) in [5.74, 6) is 1.29. The lowest BCUT2D eigenvalue weighted by atomic mass is 10.3. The predicted molar refractivity (Wildman–Crippen MR) is 127 cm³/mol. The van der Waals surface area contributed by atoms with Crippen LogP contribution in [0.5, 0.6) is 0 Å². The molecule has 1 amide bonds. The van der Waals surface area contributed by atoms with Crippen LogP contribution in [0, 0.1) is 0 Å². The molecule has 1 N–H and O–H groups in total. The van der Waals surface area contributed by atoms with Crippen LogP contribution in [0.3, 0.4) is 0 Å². The minimum absolute atomic E-state index is 0. The van der Waals surface area contributed by atoms with E-state index in [0.717, 1.165) is 25.6 Å². The third-order valence-corrected chi connectivity index (χ3v) is 6.76. The fourth-order valence-corrected chi connectivity index (χ4v) is 4.69. The molecule has 2 aliphatic rings. The number of halogens is 1. The Hall–Kier alpha value is -1.68. The second kappa shape index (κ2) is 9.88. The molecule has 1 saturated carbocycles. The highest BCUT2D eigenvalue weighted by atomic mass is 127. The maximum atomic E-state index is 12.4. The monoisotopic (exact) mass is 526 g/mol. The summed E-state index contributed by atoms with van der Waals surface area (Å²) in [6.07, 6.45) is 3.99. The van der Waals surface area contributed by atoms with Crippen LogP contribution in [0.15, 0.2) is 63.0 Å². The van der Waals surface area contributed by atoms with Gasteiger partial charge >= 0.3 is 0 Å². The van der Waals surface area contributed by atoms with Crippen LogP contribution in [0.25, 0.3) is 0 Å². The standard InChI is InChI=1S/C21H26N4O2S.HI/c1-22-20(23-16-21(9-10-21)28-17-6-3-2-4-7-17)25-13-11-24(12-14-25)19(26)18-8-5-15-27-18;/h2-8,15H,9-14,16H2,1H3,(H,22,23);1H. The third kappa shape index (κ3) is 5.48. The average molecular weight is 526 g/mol. The minimum atomic E-state index is -0.0382. The Balaban J connectivity index is 0.00000240. The lowest BCUT2D eigenvalue weighted by Crippen LogP contribution is -2.54. The van der Waals surface area contributed by atoms with E-state index < -0.39 is 0 Å². The number of thioether (sulfide) groups is 1.